The van der Waals surface area contributed by atoms with E-state index in [0.29, 0.717) is 17.6 Å². The minimum atomic E-state index is -0.124. The third kappa shape index (κ3) is 3.74. The molecular weight excluding hydrogens is 585 g/mol. The van der Waals surface area contributed by atoms with Crippen molar-refractivity contribution in [3.8, 4) is 39.9 Å². The highest BCUT2D eigenvalue weighted by Crippen LogP contribution is 2.52. The quantitative estimate of drug-likeness (QED) is 0.199. The summed E-state index contributed by atoms with van der Waals surface area (Å²) in [4.78, 5) is 15.6. The number of aromatic nitrogens is 4. The molecule has 4 heteroatoms. The fourth-order valence-corrected chi connectivity index (χ4v) is 8.02. The minimum absolute atomic E-state index is 0.124. The van der Waals surface area contributed by atoms with E-state index in [1.165, 1.54) is 43.8 Å². The molecule has 0 unspecified atom stereocenters. The molecule has 0 N–H and O–H groups in total. The normalized spacial score (nSPS) is 13.4. The molecule has 0 radical (unpaired) electrons. The molecule has 2 aromatic heterocycles. The molecule has 0 saturated carbocycles. The van der Waals surface area contributed by atoms with Crippen LogP contribution in [-0.4, -0.2) is 19.5 Å². The number of benzene rings is 7. The molecule has 2 heterocycles. The lowest BCUT2D eigenvalue weighted by Crippen LogP contribution is -2.23. The predicted molar refractivity (Wildman–Crippen MR) is 198 cm³/mol. The molecule has 48 heavy (non-hydrogen) atoms. The van der Waals surface area contributed by atoms with E-state index >= 15 is 0 Å². The van der Waals surface area contributed by atoms with Crippen LogP contribution in [0.4, 0.5) is 0 Å². The fourth-order valence-electron chi connectivity index (χ4n) is 8.02. The summed E-state index contributed by atoms with van der Waals surface area (Å²) in [7, 11) is 0. The number of nitrogens with zero attached hydrogens (tertiary/aromatic N) is 4. The Kier molecular flexibility index (Phi) is 5.59. The van der Waals surface area contributed by atoms with E-state index in [2.05, 4.69) is 146 Å². The Morgan fingerprint density at radius 2 is 1.12 bits per heavy atom. The van der Waals surface area contributed by atoms with E-state index in [4.69, 9.17) is 15.0 Å². The monoisotopic (exact) mass is 614 g/mol. The van der Waals surface area contributed by atoms with Gasteiger partial charge in [-0.25, -0.2) is 4.98 Å². The van der Waals surface area contributed by atoms with Crippen molar-refractivity contribution >= 4 is 43.4 Å². The summed E-state index contributed by atoms with van der Waals surface area (Å²) in [6, 6.07) is 51.7. The Morgan fingerprint density at radius 1 is 0.479 bits per heavy atom. The zero-order valence-corrected chi connectivity index (χ0v) is 26.6. The summed E-state index contributed by atoms with van der Waals surface area (Å²) in [5.74, 6) is 1.90. The molecule has 0 saturated heterocycles. The molecule has 10 rings (SSSR count). The largest absolute Gasteiger partial charge is 0.278 e. The van der Waals surface area contributed by atoms with E-state index in [-0.39, 0.29) is 5.41 Å². The molecule has 4 nitrogen and oxygen atoms in total. The molecule has 1 aliphatic carbocycles. The smallest absolute Gasteiger partial charge is 0.238 e. The minimum Gasteiger partial charge on any atom is -0.278 e. The van der Waals surface area contributed by atoms with Crippen molar-refractivity contribution in [3.63, 3.8) is 0 Å². The number of para-hydroxylation sites is 1. The SMILES string of the molecule is CC1(C)c2ccccc2-c2c3c1cccc3cc1c2c2ccccc2n1-c1nc(-c2ccccc2)nc(-c2cccc3ccccc23)n1. The van der Waals surface area contributed by atoms with Crippen molar-refractivity contribution in [1.29, 1.82) is 0 Å². The molecule has 0 aliphatic heterocycles. The van der Waals surface area contributed by atoms with Crippen LogP contribution in [0.25, 0.3) is 83.2 Å². The summed E-state index contributed by atoms with van der Waals surface area (Å²) in [6.45, 7) is 4.70. The number of rotatable bonds is 3. The standard InChI is InChI=1S/C44H30N4/c1-44(2)34-23-10-8-20-32(34)40-38-29(18-13-24-35(38)44)26-37-39(40)33-21-9-11-25-36(33)48(37)43-46-41(28-15-4-3-5-16-28)45-42(47-43)31-22-12-17-27-14-6-7-19-30(27)31/h3-26H,1-2H3. The zero-order valence-electron chi connectivity index (χ0n) is 26.6. The molecule has 226 valence electrons. The third-order valence-electron chi connectivity index (χ3n) is 10.2. The second-order valence-corrected chi connectivity index (χ2v) is 13.2. The molecule has 7 aromatic carbocycles. The van der Waals surface area contributed by atoms with Gasteiger partial charge in [0.2, 0.25) is 5.95 Å². The Balaban J connectivity index is 1.36. The summed E-state index contributed by atoms with van der Waals surface area (Å²) in [5.41, 5.74) is 9.24. The molecule has 9 aromatic rings. The summed E-state index contributed by atoms with van der Waals surface area (Å²) >= 11 is 0. The van der Waals surface area contributed by atoms with Crippen molar-refractivity contribution in [2.24, 2.45) is 0 Å². The van der Waals surface area contributed by atoms with Crippen LogP contribution in [-0.2, 0) is 5.41 Å². The second kappa shape index (κ2) is 9.93. The molecular formula is C44H30N4. The van der Waals surface area contributed by atoms with Gasteiger partial charge in [0.15, 0.2) is 11.6 Å². The van der Waals surface area contributed by atoms with Gasteiger partial charge >= 0.3 is 0 Å². The van der Waals surface area contributed by atoms with E-state index < -0.39 is 0 Å². The topological polar surface area (TPSA) is 43.6 Å². The highest BCUT2D eigenvalue weighted by atomic mass is 15.2. The van der Waals surface area contributed by atoms with Crippen LogP contribution < -0.4 is 0 Å². The molecule has 0 bridgehead atoms. The highest BCUT2D eigenvalue weighted by molar-refractivity contribution is 6.24. The van der Waals surface area contributed by atoms with Gasteiger partial charge in [0.05, 0.1) is 11.0 Å². The van der Waals surface area contributed by atoms with Crippen LogP contribution in [0.1, 0.15) is 25.0 Å². The van der Waals surface area contributed by atoms with Crippen molar-refractivity contribution in [1.82, 2.24) is 19.5 Å². The van der Waals surface area contributed by atoms with Crippen LogP contribution in [0, 0.1) is 0 Å². The van der Waals surface area contributed by atoms with Gasteiger partial charge in [0.1, 0.15) is 0 Å². The lowest BCUT2D eigenvalue weighted by molar-refractivity contribution is 0.645. The average Bonchev–Trinajstić information content (AvgIpc) is 3.47. The van der Waals surface area contributed by atoms with Crippen LogP contribution in [0.2, 0.25) is 0 Å². The van der Waals surface area contributed by atoms with Gasteiger partial charge in [-0.15, -0.1) is 0 Å². The zero-order chi connectivity index (χ0) is 32.0. The van der Waals surface area contributed by atoms with E-state index in [0.717, 1.165) is 32.9 Å². The number of hydrogen-bond donors (Lipinski definition) is 0. The van der Waals surface area contributed by atoms with E-state index in [1.807, 2.05) is 18.2 Å². The van der Waals surface area contributed by atoms with Crippen molar-refractivity contribution in [2.45, 2.75) is 19.3 Å². The van der Waals surface area contributed by atoms with Crippen molar-refractivity contribution in [2.75, 3.05) is 0 Å². The van der Waals surface area contributed by atoms with Crippen LogP contribution in [0.5, 0.6) is 0 Å². The van der Waals surface area contributed by atoms with Crippen LogP contribution >= 0.6 is 0 Å². The van der Waals surface area contributed by atoms with Gasteiger partial charge in [-0.1, -0.05) is 147 Å². The first-order valence-electron chi connectivity index (χ1n) is 16.5. The third-order valence-corrected chi connectivity index (χ3v) is 10.2. The maximum absolute atomic E-state index is 5.30. The first-order valence-corrected chi connectivity index (χ1v) is 16.5. The first-order chi connectivity index (χ1) is 23.6. The molecule has 0 atom stereocenters. The highest BCUT2D eigenvalue weighted by Gasteiger charge is 2.35. The van der Waals surface area contributed by atoms with Crippen molar-refractivity contribution in [3.05, 3.63) is 157 Å². The average molecular weight is 615 g/mol. The first kappa shape index (κ1) is 27.0. The number of fused-ring (bicyclic) bond motifs is 7. The van der Waals surface area contributed by atoms with Gasteiger partial charge in [-0.3, -0.25) is 4.57 Å². The van der Waals surface area contributed by atoms with E-state index in [9.17, 15) is 0 Å². The molecule has 0 amide bonds. The van der Waals surface area contributed by atoms with Crippen LogP contribution in [0.3, 0.4) is 0 Å². The lowest BCUT2D eigenvalue weighted by Gasteiger charge is -2.35. The van der Waals surface area contributed by atoms with Gasteiger partial charge in [-0.05, 0) is 50.4 Å². The summed E-state index contributed by atoms with van der Waals surface area (Å²) in [5, 5.41) is 7.21. The Labute approximate surface area is 278 Å². The van der Waals surface area contributed by atoms with E-state index in [1.54, 1.807) is 0 Å². The Hall–Kier alpha value is -6.13. The van der Waals surface area contributed by atoms with Crippen molar-refractivity contribution < 1.29 is 0 Å². The second-order valence-electron chi connectivity index (χ2n) is 13.2. The van der Waals surface area contributed by atoms with Gasteiger partial charge in [-0.2, -0.15) is 9.97 Å². The van der Waals surface area contributed by atoms with Gasteiger partial charge < -0.3 is 0 Å². The lowest BCUT2D eigenvalue weighted by atomic mass is 9.68. The maximum Gasteiger partial charge on any atom is 0.238 e. The number of hydrogen-bond acceptors (Lipinski definition) is 3. The predicted octanol–water partition coefficient (Wildman–Crippen LogP) is 10.9. The Morgan fingerprint density at radius 3 is 2.02 bits per heavy atom. The van der Waals surface area contributed by atoms with Gasteiger partial charge in [0.25, 0.3) is 0 Å². The fraction of sp³-hybridized carbons (Fsp3) is 0.0682. The summed E-state index contributed by atoms with van der Waals surface area (Å²) in [6.07, 6.45) is 0. The molecule has 0 fully saturated rings. The maximum atomic E-state index is 5.30. The summed E-state index contributed by atoms with van der Waals surface area (Å²) < 4.78 is 2.25. The van der Waals surface area contributed by atoms with Crippen LogP contribution in [0.15, 0.2) is 146 Å². The molecule has 1 aliphatic rings. The Bertz CT molecular complexity index is 2750. The van der Waals surface area contributed by atoms with Gasteiger partial charge in [0, 0.05) is 32.9 Å². The molecule has 0 spiro atoms.